The molecule has 5 nitrogen and oxygen atoms in total. The van der Waals surface area contributed by atoms with E-state index in [0.29, 0.717) is 11.6 Å². The second-order valence-electron chi connectivity index (χ2n) is 5.34. The first kappa shape index (κ1) is 16.5. The number of benzene rings is 1. The minimum atomic E-state index is -0.763. The van der Waals surface area contributed by atoms with Crippen LogP contribution in [-0.2, 0) is 9.59 Å². The zero-order valence-corrected chi connectivity index (χ0v) is 13.4. The van der Waals surface area contributed by atoms with E-state index in [4.69, 9.17) is 5.11 Å². The van der Waals surface area contributed by atoms with Gasteiger partial charge in [0.05, 0.1) is 10.9 Å². The Morgan fingerprint density at radius 3 is 2.68 bits per heavy atom. The van der Waals surface area contributed by atoms with Crippen molar-refractivity contribution >= 4 is 34.5 Å². The SMILES string of the molecule is Cc1ccc(N=C2NC(=O)C(CCCCCC(=O)O)S2)cc1. The van der Waals surface area contributed by atoms with E-state index in [1.165, 1.54) is 17.3 Å². The Kier molecular flexibility index (Phi) is 6.00. The maximum Gasteiger partial charge on any atom is 0.303 e. The highest BCUT2D eigenvalue weighted by atomic mass is 32.2. The Morgan fingerprint density at radius 2 is 2.00 bits per heavy atom. The predicted octanol–water partition coefficient (Wildman–Crippen LogP) is 3.25. The van der Waals surface area contributed by atoms with E-state index in [-0.39, 0.29) is 17.6 Å². The molecule has 2 rings (SSSR count). The van der Waals surface area contributed by atoms with Crippen molar-refractivity contribution in [1.82, 2.24) is 5.32 Å². The molecule has 1 fully saturated rings. The van der Waals surface area contributed by atoms with Crippen LogP contribution in [0.15, 0.2) is 29.3 Å². The van der Waals surface area contributed by atoms with Gasteiger partial charge in [-0.3, -0.25) is 9.59 Å². The highest BCUT2D eigenvalue weighted by Crippen LogP contribution is 2.26. The van der Waals surface area contributed by atoms with Crippen molar-refractivity contribution in [2.24, 2.45) is 4.99 Å². The first-order valence-corrected chi connectivity index (χ1v) is 8.27. The van der Waals surface area contributed by atoms with Crippen LogP contribution in [0.3, 0.4) is 0 Å². The van der Waals surface area contributed by atoms with Crippen LogP contribution in [0.5, 0.6) is 0 Å². The molecule has 0 spiro atoms. The van der Waals surface area contributed by atoms with Crippen LogP contribution < -0.4 is 5.32 Å². The van der Waals surface area contributed by atoms with Crippen molar-refractivity contribution in [2.75, 3.05) is 0 Å². The van der Waals surface area contributed by atoms with E-state index in [1.54, 1.807) is 0 Å². The molecular formula is C16H20N2O3S. The molecule has 0 aromatic heterocycles. The molecule has 6 heteroatoms. The summed E-state index contributed by atoms with van der Waals surface area (Å²) >= 11 is 1.46. The number of aliphatic imine (C=N–C) groups is 1. The van der Waals surface area contributed by atoms with Gasteiger partial charge in [-0.15, -0.1) is 0 Å². The van der Waals surface area contributed by atoms with Gasteiger partial charge in [0.15, 0.2) is 5.17 Å². The number of carboxylic acids is 1. The molecule has 0 saturated carbocycles. The lowest BCUT2D eigenvalue weighted by molar-refractivity contribution is -0.137. The van der Waals surface area contributed by atoms with Crippen LogP contribution in [0.4, 0.5) is 5.69 Å². The van der Waals surface area contributed by atoms with Gasteiger partial charge in [-0.25, -0.2) is 4.99 Å². The molecule has 22 heavy (non-hydrogen) atoms. The summed E-state index contributed by atoms with van der Waals surface area (Å²) in [5, 5.41) is 11.9. The van der Waals surface area contributed by atoms with Gasteiger partial charge in [0.1, 0.15) is 0 Å². The van der Waals surface area contributed by atoms with Crippen LogP contribution in [-0.4, -0.2) is 27.4 Å². The predicted molar refractivity (Wildman–Crippen MR) is 88.5 cm³/mol. The Hall–Kier alpha value is -1.82. The number of nitrogens with zero attached hydrogens (tertiary/aromatic N) is 1. The van der Waals surface area contributed by atoms with Gasteiger partial charge in [0, 0.05) is 6.42 Å². The van der Waals surface area contributed by atoms with Gasteiger partial charge in [0.25, 0.3) is 0 Å². The van der Waals surface area contributed by atoms with Crippen molar-refractivity contribution in [3.05, 3.63) is 29.8 Å². The molecule has 1 heterocycles. The van der Waals surface area contributed by atoms with Gasteiger partial charge >= 0.3 is 5.97 Å². The van der Waals surface area contributed by atoms with Crippen LogP contribution in [0.2, 0.25) is 0 Å². The average Bonchev–Trinajstić information content (AvgIpc) is 2.81. The third-order valence-corrected chi connectivity index (χ3v) is 4.55. The van der Waals surface area contributed by atoms with Gasteiger partial charge in [0.2, 0.25) is 5.91 Å². The lowest BCUT2D eigenvalue weighted by Crippen LogP contribution is -2.24. The zero-order chi connectivity index (χ0) is 15.9. The molecule has 1 aromatic carbocycles. The van der Waals surface area contributed by atoms with Crippen molar-refractivity contribution in [3.63, 3.8) is 0 Å². The summed E-state index contributed by atoms with van der Waals surface area (Å²) in [4.78, 5) is 26.8. The molecular weight excluding hydrogens is 300 g/mol. The number of aliphatic carboxylic acids is 1. The molecule has 1 unspecified atom stereocenters. The maximum absolute atomic E-state index is 11.9. The van der Waals surface area contributed by atoms with E-state index >= 15 is 0 Å². The topological polar surface area (TPSA) is 78.8 Å². The first-order chi connectivity index (χ1) is 10.5. The number of unbranched alkanes of at least 4 members (excludes halogenated alkanes) is 2. The standard InChI is InChI=1S/C16H20N2O3S/c1-11-7-9-12(10-8-11)17-16-18-15(21)13(22-16)5-3-2-4-6-14(19)20/h7-10,13H,2-6H2,1H3,(H,19,20)(H,17,18,21). The second kappa shape index (κ2) is 7.98. The van der Waals surface area contributed by atoms with Gasteiger partial charge < -0.3 is 10.4 Å². The largest absolute Gasteiger partial charge is 0.481 e. The monoisotopic (exact) mass is 320 g/mol. The van der Waals surface area contributed by atoms with E-state index in [1.807, 2.05) is 31.2 Å². The number of aryl methyl sites for hydroxylation is 1. The highest BCUT2D eigenvalue weighted by molar-refractivity contribution is 8.15. The fourth-order valence-corrected chi connectivity index (χ4v) is 3.20. The van der Waals surface area contributed by atoms with Crippen LogP contribution in [0.25, 0.3) is 0 Å². The van der Waals surface area contributed by atoms with Crippen molar-refractivity contribution < 1.29 is 14.7 Å². The Balaban J connectivity index is 1.80. The van der Waals surface area contributed by atoms with E-state index in [0.717, 1.165) is 24.9 Å². The zero-order valence-electron chi connectivity index (χ0n) is 12.5. The summed E-state index contributed by atoms with van der Waals surface area (Å²) in [5.74, 6) is -0.769. The Bertz CT molecular complexity index is 569. The lowest BCUT2D eigenvalue weighted by Gasteiger charge is -2.04. The lowest BCUT2D eigenvalue weighted by atomic mass is 10.1. The summed E-state index contributed by atoms with van der Waals surface area (Å²) in [6, 6.07) is 7.82. The molecule has 0 aliphatic carbocycles. The number of rotatable bonds is 7. The normalized spacial score (nSPS) is 19.4. The number of hydrogen-bond donors (Lipinski definition) is 2. The molecule has 0 bridgehead atoms. The average molecular weight is 320 g/mol. The quantitative estimate of drug-likeness (QED) is 0.756. The fraction of sp³-hybridized carbons (Fsp3) is 0.438. The molecule has 1 aliphatic heterocycles. The molecule has 1 aromatic rings. The van der Waals surface area contributed by atoms with Crippen LogP contribution >= 0.6 is 11.8 Å². The van der Waals surface area contributed by atoms with Crippen LogP contribution in [0.1, 0.15) is 37.7 Å². The van der Waals surface area contributed by atoms with E-state index < -0.39 is 5.97 Å². The van der Waals surface area contributed by atoms with Crippen molar-refractivity contribution in [3.8, 4) is 0 Å². The molecule has 2 N–H and O–H groups in total. The summed E-state index contributed by atoms with van der Waals surface area (Å²) < 4.78 is 0. The van der Waals surface area contributed by atoms with Crippen molar-refractivity contribution in [1.29, 1.82) is 0 Å². The molecule has 118 valence electrons. The highest BCUT2D eigenvalue weighted by Gasteiger charge is 2.29. The van der Waals surface area contributed by atoms with Crippen LogP contribution in [0, 0.1) is 6.92 Å². The smallest absolute Gasteiger partial charge is 0.303 e. The van der Waals surface area contributed by atoms with Gasteiger partial charge in [-0.05, 0) is 31.9 Å². The fourth-order valence-electron chi connectivity index (χ4n) is 2.17. The number of thioether (sulfide) groups is 1. The number of carboxylic acid groups (broad SMARTS) is 1. The summed E-state index contributed by atoms with van der Waals surface area (Å²) in [6.45, 7) is 2.02. The number of nitrogens with one attached hydrogen (secondary N) is 1. The number of amides is 1. The second-order valence-corrected chi connectivity index (χ2v) is 6.53. The minimum absolute atomic E-state index is 0.00547. The number of carbonyl (C=O) groups excluding carboxylic acids is 1. The summed E-state index contributed by atoms with van der Waals surface area (Å²) in [6.07, 6.45) is 3.31. The maximum atomic E-state index is 11.9. The number of carbonyl (C=O) groups is 2. The summed E-state index contributed by atoms with van der Waals surface area (Å²) in [5.41, 5.74) is 2.00. The number of hydrogen-bond acceptors (Lipinski definition) is 4. The third-order valence-electron chi connectivity index (χ3n) is 3.40. The van der Waals surface area contributed by atoms with Gasteiger partial charge in [-0.2, -0.15) is 0 Å². The molecule has 0 radical (unpaired) electrons. The third kappa shape index (κ3) is 5.18. The molecule has 1 amide bonds. The Labute approximate surface area is 134 Å². The van der Waals surface area contributed by atoms with Gasteiger partial charge in [-0.1, -0.05) is 42.3 Å². The van der Waals surface area contributed by atoms with E-state index in [2.05, 4.69) is 10.3 Å². The Morgan fingerprint density at radius 1 is 1.27 bits per heavy atom. The molecule has 1 atom stereocenters. The summed E-state index contributed by atoms with van der Waals surface area (Å²) in [7, 11) is 0. The molecule has 1 aliphatic rings. The van der Waals surface area contributed by atoms with Crippen molar-refractivity contribution in [2.45, 2.75) is 44.3 Å². The molecule has 1 saturated heterocycles. The van der Waals surface area contributed by atoms with E-state index in [9.17, 15) is 9.59 Å². The first-order valence-electron chi connectivity index (χ1n) is 7.39. The minimum Gasteiger partial charge on any atom is -0.481 e. The number of amidine groups is 1.